The lowest BCUT2D eigenvalue weighted by molar-refractivity contribution is 0.234. The lowest BCUT2D eigenvalue weighted by Gasteiger charge is -2.23. The van der Waals surface area contributed by atoms with E-state index in [0.717, 1.165) is 0 Å². The van der Waals surface area contributed by atoms with Crippen molar-refractivity contribution in [3.05, 3.63) is 18.7 Å². The Bertz CT molecular complexity index is 466. The Morgan fingerprint density at radius 1 is 1.29 bits per heavy atom. The largest absolute Gasteiger partial charge is 0.394 e. The van der Waals surface area contributed by atoms with E-state index in [1.807, 2.05) is 13.8 Å². The van der Waals surface area contributed by atoms with Gasteiger partial charge in [-0.3, -0.25) is 0 Å². The lowest BCUT2D eigenvalue weighted by Crippen LogP contribution is -2.35. The van der Waals surface area contributed by atoms with Gasteiger partial charge < -0.3 is 14.9 Å². The zero-order valence-electron chi connectivity index (χ0n) is 9.58. The summed E-state index contributed by atoms with van der Waals surface area (Å²) >= 11 is 0. The highest BCUT2D eigenvalue weighted by molar-refractivity contribution is 5.47. The fraction of sp³-hybridized carbons (Fsp3) is 0.400. The van der Waals surface area contributed by atoms with Crippen molar-refractivity contribution in [3.63, 3.8) is 0 Å². The molecule has 2 heterocycles. The SMILES string of the molecule is CC(C)(CO)Nc1cnc(-c2ncno2)cn1. The van der Waals surface area contributed by atoms with Crippen molar-refractivity contribution >= 4 is 5.82 Å². The van der Waals surface area contributed by atoms with E-state index in [9.17, 15) is 0 Å². The molecule has 0 radical (unpaired) electrons. The summed E-state index contributed by atoms with van der Waals surface area (Å²) in [4.78, 5) is 12.2. The second-order valence-electron chi connectivity index (χ2n) is 4.20. The molecule has 0 amide bonds. The van der Waals surface area contributed by atoms with Crippen LogP contribution in [0, 0.1) is 0 Å². The first-order valence-corrected chi connectivity index (χ1v) is 5.09. The van der Waals surface area contributed by atoms with Gasteiger partial charge in [0, 0.05) is 0 Å². The molecule has 0 unspecified atom stereocenters. The summed E-state index contributed by atoms with van der Waals surface area (Å²) in [5, 5.41) is 15.7. The van der Waals surface area contributed by atoms with Crippen LogP contribution in [-0.2, 0) is 0 Å². The number of rotatable bonds is 4. The third kappa shape index (κ3) is 2.76. The molecule has 2 N–H and O–H groups in total. The zero-order valence-corrected chi connectivity index (χ0v) is 9.58. The third-order valence-electron chi connectivity index (χ3n) is 2.09. The van der Waals surface area contributed by atoms with Gasteiger partial charge >= 0.3 is 0 Å². The van der Waals surface area contributed by atoms with Gasteiger partial charge in [-0.1, -0.05) is 5.16 Å². The number of nitrogens with one attached hydrogen (secondary N) is 1. The van der Waals surface area contributed by atoms with Crippen LogP contribution in [0.5, 0.6) is 0 Å². The van der Waals surface area contributed by atoms with Gasteiger partial charge in [-0.25, -0.2) is 9.97 Å². The van der Waals surface area contributed by atoms with Crippen molar-refractivity contribution in [2.45, 2.75) is 19.4 Å². The second-order valence-corrected chi connectivity index (χ2v) is 4.20. The molecule has 2 aromatic heterocycles. The summed E-state index contributed by atoms with van der Waals surface area (Å²) in [5.41, 5.74) is 0.0654. The average molecular weight is 235 g/mol. The number of aliphatic hydroxyl groups is 1. The Kier molecular flexibility index (Phi) is 3.01. The smallest absolute Gasteiger partial charge is 0.277 e. The highest BCUT2D eigenvalue weighted by atomic mass is 16.5. The number of hydrogen-bond acceptors (Lipinski definition) is 7. The molecule has 90 valence electrons. The van der Waals surface area contributed by atoms with E-state index in [0.29, 0.717) is 17.4 Å². The first-order chi connectivity index (χ1) is 8.11. The molecule has 17 heavy (non-hydrogen) atoms. The van der Waals surface area contributed by atoms with Crippen LogP contribution in [0.4, 0.5) is 5.82 Å². The molecule has 0 aliphatic carbocycles. The normalized spacial score (nSPS) is 11.5. The molecular formula is C10H13N5O2. The summed E-state index contributed by atoms with van der Waals surface area (Å²) in [6.45, 7) is 3.72. The zero-order chi connectivity index (χ0) is 12.3. The van der Waals surface area contributed by atoms with Crippen LogP contribution < -0.4 is 5.32 Å². The molecule has 2 rings (SSSR count). The van der Waals surface area contributed by atoms with E-state index in [1.165, 1.54) is 12.5 Å². The van der Waals surface area contributed by atoms with Gasteiger partial charge in [0.05, 0.1) is 24.5 Å². The average Bonchev–Trinajstić information content (AvgIpc) is 2.83. The second kappa shape index (κ2) is 4.46. The molecule has 7 heteroatoms. The highest BCUT2D eigenvalue weighted by Gasteiger charge is 2.16. The van der Waals surface area contributed by atoms with Gasteiger partial charge in [-0.15, -0.1) is 0 Å². The van der Waals surface area contributed by atoms with Crippen LogP contribution in [0.3, 0.4) is 0 Å². The van der Waals surface area contributed by atoms with Crippen LogP contribution in [0.15, 0.2) is 23.2 Å². The van der Waals surface area contributed by atoms with Crippen molar-refractivity contribution in [1.82, 2.24) is 20.1 Å². The number of anilines is 1. The number of nitrogens with zero attached hydrogens (tertiary/aromatic N) is 4. The molecule has 0 aliphatic heterocycles. The lowest BCUT2D eigenvalue weighted by atomic mass is 10.1. The van der Waals surface area contributed by atoms with Crippen molar-refractivity contribution < 1.29 is 9.63 Å². The van der Waals surface area contributed by atoms with Crippen LogP contribution >= 0.6 is 0 Å². The highest BCUT2D eigenvalue weighted by Crippen LogP contribution is 2.15. The summed E-state index contributed by atoms with van der Waals surface area (Å²) < 4.78 is 4.86. The van der Waals surface area contributed by atoms with Crippen molar-refractivity contribution in [3.8, 4) is 11.6 Å². The standard InChI is InChI=1S/C10H13N5O2/c1-10(2,5-16)15-8-4-11-7(3-12-8)9-13-6-14-17-9/h3-4,6,16H,5H2,1-2H3,(H,12,15). The van der Waals surface area contributed by atoms with E-state index in [4.69, 9.17) is 9.63 Å². The molecule has 0 spiro atoms. The van der Waals surface area contributed by atoms with Gasteiger partial charge in [0.2, 0.25) is 0 Å². The van der Waals surface area contributed by atoms with Gasteiger partial charge in [0.1, 0.15) is 11.5 Å². The summed E-state index contributed by atoms with van der Waals surface area (Å²) in [6, 6.07) is 0. The predicted octanol–water partition coefficient (Wildman–Crippen LogP) is 0.709. The number of hydrogen-bond donors (Lipinski definition) is 2. The molecular weight excluding hydrogens is 222 g/mol. The van der Waals surface area contributed by atoms with Crippen molar-refractivity contribution in [1.29, 1.82) is 0 Å². The predicted molar refractivity (Wildman–Crippen MR) is 60.1 cm³/mol. The molecule has 0 bridgehead atoms. The first kappa shape index (κ1) is 11.5. The van der Waals surface area contributed by atoms with Crippen molar-refractivity contribution in [2.24, 2.45) is 0 Å². The topological polar surface area (TPSA) is 97.0 Å². The van der Waals surface area contributed by atoms with Crippen LogP contribution in [-0.4, -0.2) is 37.4 Å². The Labute approximate surface area is 97.9 Å². The minimum atomic E-state index is -0.444. The van der Waals surface area contributed by atoms with E-state index < -0.39 is 5.54 Å². The maximum absolute atomic E-state index is 9.12. The third-order valence-corrected chi connectivity index (χ3v) is 2.09. The molecule has 7 nitrogen and oxygen atoms in total. The Morgan fingerprint density at radius 2 is 2.12 bits per heavy atom. The van der Waals surface area contributed by atoms with Crippen LogP contribution in [0.2, 0.25) is 0 Å². The maximum atomic E-state index is 9.12. The van der Waals surface area contributed by atoms with E-state index >= 15 is 0 Å². The Balaban J connectivity index is 2.14. The minimum absolute atomic E-state index is 0.0000902. The summed E-state index contributed by atoms with van der Waals surface area (Å²) in [7, 11) is 0. The maximum Gasteiger partial charge on any atom is 0.277 e. The van der Waals surface area contributed by atoms with Gasteiger partial charge in [0.15, 0.2) is 6.33 Å². The van der Waals surface area contributed by atoms with Gasteiger partial charge in [-0.05, 0) is 13.8 Å². The molecule has 0 saturated heterocycles. The Morgan fingerprint density at radius 3 is 2.65 bits per heavy atom. The summed E-state index contributed by atoms with van der Waals surface area (Å²) in [6.07, 6.45) is 4.39. The van der Waals surface area contributed by atoms with E-state index in [-0.39, 0.29) is 6.61 Å². The van der Waals surface area contributed by atoms with E-state index in [1.54, 1.807) is 6.20 Å². The fourth-order valence-corrected chi connectivity index (χ4v) is 1.18. The minimum Gasteiger partial charge on any atom is -0.394 e. The molecule has 2 aromatic rings. The van der Waals surface area contributed by atoms with Crippen molar-refractivity contribution in [2.75, 3.05) is 11.9 Å². The molecule has 0 saturated carbocycles. The number of aromatic nitrogens is 4. The first-order valence-electron chi connectivity index (χ1n) is 5.09. The van der Waals surface area contributed by atoms with Crippen LogP contribution in [0.1, 0.15) is 13.8 Å². The van der Waals surface area contributed by atoms with Gasteiger partial charge in [-0.2, -0.15) is 4.98 Å². The Hall–Kier alpha value is -2.02. The fourth-order valence-electron chi connectivity index (χ4n) is 1.18. The van der Waals surface area contributed by atoms with Crippen LogP contribution in [0.25, 0.3) is 11.6 Å². The van der Waals surface area contributed by atoms with Gasteiger partial charge in [0.25, 0.3) is 5.89 Å². The van der Waals surface area contributed by atoms with E-state index in [2.05, 4.69) is 25.4 Å². The molecule has 0 aromatic carbocycles. The molecule has 0 aliphatic rings. The quantitative estimate of drug-likeness (QED) is 0.805. The molecule has 0 fully saturated rings. The number of aliphatic hydroxyl groups excluding tert-OH is 1. The molecule has 0 atom stereocenters. The monoisotopic (exact) mass is 235 g/mol. The summed E-state index contributed by atoms with van der Waals surface area (Å²) in [5.74, 6) is 0.901.